The molecule has 0 fully saturated rings. The summed E-state index contributed by atoms with van der Waals surface area (Å²) in [6, 6.07) is 14.5. The lowest BCUT2D eigenvalue weighted by Gasteiger charge is -2.16. The number of likely N-dealkylation sites (N-methyl/N-ethyl adjacent to an activating group) is 1. The van der Waals surface area contributed by atoms with Crippen LogP contribution in [0.25, 0.3) is 33.4 Å². The summed E-state index contributed by atoms with van der Waals surface area (Å²) in [5.74, 6) is 1.08. The number of pyridine rings is 2. The zero-order valence-electron chi connectivity index (χ0n) is 19.1. The summed E-state index contributed by atoms with van der Waals surface area (Å²) in [7, 11) is 0.543. The number of ether oxygens (including phenoxy) is 1. The third-order valence-corrected chi connectivity index (χ3v) is 6.65. The Labute approximate surface area is 196 Å². The van der Waals surface area contributed by atoms with Crippen LogP contribution in [-0.2, 0) is 11.0 Å². The number of H-pyrrole nitrogens is 1. The normalized spacial score (nSPS) is 12.4. The third kappa shape index (κ3) is 4.89. The minimum Gasteiger partial charge on any atom is -0.490 e. The molecular formula is C26H28N4O2S. The average molecular weight is 461 g/mol. The van der Waals surface area contributed by atoms with Crippen molar-refractivity contribution in [2.75, 3.05) is 20.2 Å². The molecule has 7 heteroatoms. The van der Waals surface area contributed by atoms with Gasteiger partial charge < -0.3 is 9.72 Å². The van der Waals surface area contributed by atoms with Gasteiger partial charge in [-0.15, -0.1) is 0 Å². The number of benzene rings is 1. The summed E-state index contributed by atoms with van der Waals surface area (Å²) in [5.41, 5.74) is 7.12. The van der Waals surface area contributed by atoms with Gasteiger partial charge in [-0.2, -0.15) is 0 Å². The van der Waals surface area contributed by atoms with Crippen LogP contribution in [0.5, 0.6) is 5.75 Å². The van der Waals surface area contributed by atoms with Crippen molar-refractivity contribution in [3.63, 3.8) is 0 Å². The second kappa shape index (κ2) is 10.1. The monoisotopic (exact) mass is 460 g/mol. The van der Waals surface area contributed by atoms with Crippen LogP contribution >= 0.6 is 0 Å². The molecule has 4 aromatic rings. The zero-order valence-corrected chi connectivity index (χ0v) is 19.9. The molecule has 3 aromatic heterocycles. The highest BCUT2D eigenvalue weighted by Crippen LogP contribution is 2.41. The first-order valence-electron chi connectivity index (χ1n) is 10.9. The quantitative estimate of drug-likeness (QED) is 0.356. The highest BCUT2D eigenvalue weighted by Gasteiger charge is 2.20. The topological polar surface area (TPSA) is 71.1 Å². The molecule has 170 valence electrons. The van der Waals surface area contributed by atoms with E-state index in [9.17, 15) is 4.21 Å². The Bertz CT molecular complexity index is 1300. The molecule has 33 heavy (non-hydrogen) atoms. The number of aromatic amines is 1. The van der Waals surface area contributed by atoms with Crippen LogP contribution < -0.4 is 4.74 Å². The molecule has 0 radical (unpaired) electrons. The first kappa shape index (κ1) is 22.9. The van der Waals surface area contributed by atoms with Gasteiger partial charge in [0, 0.05) is 42.5 Å². The molecule has 0 saturated carbocycles. The zero-order chi connectivity index (χ0) is 23.4. The average Bonchev–Trinajstić information content (AvgIpc) is 3.23. The minimum atomic E-state index is -1.23. The second-order valence-electron chi connectivity index (χ2n) is 8.07. The van der Waals surface area contributed by atoms with E-state index >= 15 is 0 Å². The van der Waals surface area contributed by atoms with Crippen LogP contribution in [0.3, 0.4) is 0 Å². The van der Waals surface area contributed by atoms with Crippen LogP contribution in [0.1, 0.15) is 25.3 Å². The summed E-state index contributed by atoms with van der Waals surface area (Å²) >= 11 is 0. The molecule has 0 saturated heterocycles. The Morgan fingerprint density at radius 2 is 2.06 bits per heavy atom. The summed E-state index contributed by atoms with van der Waals surface area (Å²) in [5, 5.41) is 1.41. The number of nitrogens with one attached hydrogen (secondary N) is 1. The van der Waals surface area contributed by atoms with Crippen LogP contribution in [0, 0.1) is 0 Å². The molecule has 0 aliphatic carbocycles. The first-order valence-corrected chi connectivity index (χ1v) is 12.0. The Kier molecular flexibility index (Phi) is 7.01. The van der Waals surface area contributed by atoms with Gasteiger partial charge in [0.1, 0.15) is 23.3 Å². The first-order chi connectivity index (χ1) is 16.0. The molecule has 4 rings (SSSR count). The third-order valence-electron chi connectivity index (χ3n) is 5.56. The number of aromatic nitrogens is 3. The van der Waals surface area contributed by atoms with E-state index < -0.39 is 11.0 Å². The Hall–Kier alpha value is -3.29. The largest absolute Gasteiger partial charge is 0.490 e. The van der Waals surface area contributed by atoms with E-state index in [0.717, 1.165) is 33.4 Å². The van der Waals surface area contributed by atoms with E-state index in [1.165, 1.54) is 11.0 Å². The number of hydrogen-bond acceptors (Lipinski definition) is 4. The summed E-state index contributed by atoms with van der Waals surface area (Å²) in [6.07, 6.45) is 5.29. The SMILES string of the molecule is C=CS(=O)N(C)CCOc1cnccc1-c1[nH]c2cccnc2c1-c1cccc(C(C)C)c1. The molecule has 0 spiro atoms. The maximum Gasteiger partial charge on any atom is 0.146 e. The van der Waals surface area contributed by atoms with Crippen molar-refractivity contribution in [3.8, 4) is 28.1 Å². The standard InChI is InChI=1S/C26H28N4O2S/c1-5-33(31)30(4)14-15-32-23-17-27-13-11-21(23)25-24(26-22(29-25)10-7-12-28-26)20-9-6-8-19(16-20)18(2)3/h5-13,16-18,29H,1,14-15H2,2-4H3. The van der Waals surface area contributed by atoms with Gasteiger partial charge in [-0.1, -0.05) is 44.7 Å². The van der Waals surface area contributed by atoms with E-state index in [1.807, 2.05) is 24.4 Å². The second-order valence-corrected chi connectivity index (χ2v) is 9.58. The van der Waals surface area contributed by atoms with Crippen molar-refractivity contribution in [2.24, 2.45) is 0 Å². The molecule has 1 atom stereocenters. The van der Waals surface area contributed by atoms with Gasteiger partial charge in [0.25, 0.3) is 0 Å². The van der Waals surface area contributed by atoms with Crippen molar-refractivity contribution >= 4 is 22.0 Å². The molecular weight excluding hydrogens is 432 g/mol. The molecule has 1 unspecified atom stereocenters. The van der Waals surface area contributed by atoms with E-state index in [-0.39, 0.29) is 0 Å². The summed E-state index contributed by atoms with van der Waals surface area (Å²) in [4.78, 5) is 12.5. The molecule has 6 nitrogen and oxygen atoms in total. The fraction of sp³-hybridized carbons (Fsp3) is 0.231. The van der Waals surface area contributed by atoms with Crippen LogP contribution in [0.15, 0.2) is 73.0 Å². The summed E-state index contributed by atoms with van der Waals surface area (Å²) in [6.45, 7) is 8.82. The maximum atomic E-state index is 11.9. The Morgan fingerprint density at radius 3 is 2.85 bits per heavy atom. The van der Waals surface area contributed by atoms with Crippen molar-refractivity contribution in [2.45, 2.75) is 19.8 Å². The highest BCUT2D eigenvalue weighted by molar-refractivity contribution is 7.85. The molecule has 3 heterocycles. The van der Waals surface area contributed by atoms with E-state index in [0.29, 0.717) is 24.8 Å². The van der Waals surface area contributed by atoms with Crippen LogP contribution in [0.4, 0.5) is 0 Å². The molecule has 0 aliphatic rings. The van der Waals surface area contributed by atoms with Crippen LogP contribution in [-0.4, -0.2) is 43.7 Å². The minimum absolute atomic E-state index is 0.366. The molecule has 1 N–H and O–H groups in total. The molecule has 0 amide bonds. The van der Waals surface area contributed by atoms with E-state index in [4.69, 9.17) is 4.74 Å². The van der Waals surface area contributed by atoms with Crippen molar-refractivity contribution in [3.05, 3.63) is 78.6 Å². The smallest absolute Gasteiger partial charge is 0.146 e. The maximum absolute atomic E-state index is 11.9. The lowest BCUT2D eigenvalue weighted by molar-refractivity contribution is 0.291. The molecule has 1 aromatic carbocycles. The van der Waals surface area contributed by atoms with E-state index in [2.05, 4.69) is 59.6 Å². The Morgan fingerprint density at radius 1 is 1.21 bits per heavy atom. The number of fused-ring (bicyclic) bond motifs is 1. The van der Waals surface area contributed by atoms with Crippen molar-refractivity contribution in [1.82, 2.24) is 19.3 Å². The predicted molar refractivity (Wildman–Crippen MR) is 135 cm³/mol. The predicted octanol–water partition coefficient (Wildman–Crippen LogP) is 5.53. The van der Waals surface area contributed by atoms with Gasteiger partial charge in [-0.25, -0.2) is 8.51 Å². The number of nitrogens with zero attached hydrogens (tertiary/aromatic N) is 3. The number of rotatable bonds is 9. The van der Waals surface area contributed by atoms with Crippen molar-refractivity contribution in [1.29, 1.82) is 0 Å². The van der Waals surface area contributed by atoms with Gasteiger partial charge >= 0.3 is 0 Å². The number of hydrogen-bond donors (Lipinski definition) is 1. The van der Waals surface area contributed by atoms with Gasteiger partial charge in [-0.3, -0.25) is 9.97 Å². The lowest BCUT2D eigenvalue weighted by Crippen LogP contribution is -2.25. The van der Waals surface area contributed by atoms with Gasteiger partial charge in [0.05, 0.1) is 22.9 Å². The van der Waals surface area contributed by atoms with Gasteiger partial charge in [0.2, 0.25) is 0 Å². The Balaban J connectivity index is 1.77. The lowest BCUT2D eigenvalue weighted by atomic mass is 9.95. The fourth-order valence-corrected chi connectivity index (χ4v) is 4.27. The van der Waals surface area contributed by atoms with Gasteiger partial charge in [-0.05, 0) is 35.2 Å². The molecule has 0 bridgehead atoms. The fourth-order valence-electron chi connectivity index (χ4n) is 3.76. The van der Waals surface area contributed by atoms with Crippen LogP contribution in [0.2, 0.25) is 0 Å². The van der Waals surface area contributed by atoms with Crippen molar-refractivity contribution < 1.29 is 8.95 Å². The molecule has 0 aliphatic heterocycles. The highest BCUT2D eigenvalue weighted by atomic mass is 32.2. The van der Waals surface area contributed by atoms with Gasteiger partial charge in [0.15, 0.2) is 0 Å². The summed E-state index contributed by atoms with van der Waals surface area (Å²) < 4.78 is 19.6. The van der Waals surface area contributed by atoms with E-state index in [1.54, 1.807) is 23.7 Å².